The normalized spacial score (nSPS) is 22.0. The van der Waals surface area contributed by atoms with Crippen LogP contribution in [0.5, 0.6) is 11.5 Å². The standard InChI is InChI=1S/C51H55F2N9O8/c1-24(2)43(58-50(65)68-6)47(63)60-23-31(52)20-39(60)45-54-22-35(57-45)28-15-33(53)42-38-17-29-13-26(11-12-36(29)62(38)49(70-41(42)19-28)27-9-8-10-32(14-27)67-5)34-21-55-46(56-34)40-18-30-16-37(30)61(40)48(64)44(25(3)4)59-51(66)69-7/h8-15,17,19,21-22,24-25,30-31,37,39-40,43-44,49H,16,18,20,23H2,1-7H3,(H,54,57)(H,55,56)(H,58,65)(H,59,66)/t30-,31-,37-,39+,40+,43+,44+,49?/m1/s1. The van der Waals surface area contributed by atoms with Gasteiger partial charge in [0.05, 0.1) is 80.5 Å². The quantitative estimate of drug-likeness (QED) is 0.0928. The Morgan fingerprint density at radius 2 is 1.46 bits per heavy atom. The lowest BCUT2D eigenvalue weighted by atomic mass is 10.0. The van der Waals surface area contributed by atoms with Gasteiger partial charge in [0.15, 0.2) is 0 Å². The summed E-state index contributed by atoms with van der Waals surface area (Å²) in [5.41, 5.74) is 4.78. The molecule has 0 radical (unpaired) electrons. The molecule has 70 heavy (non-hydrogen) atoms. The van der Waals surface area contributed by atoms with E-state index in [4.69, 9.17) is 23.9 Å². The molecule has 6 aromatic rings. The Labute approximate surface area is 402 Å². The summed E-state index contributed by atoms with van der Waals surface area (Å²) < 4.78 is 56.0. The van der Waals surface area contributed by atoms with E-state index in [2.05, 4.69) is 25.6 Å². The molecule has 366 valence electrons. The first-order valence-corrected chi connectivity index (χ1v) is 23.5. The Balaban J connectivity index is 0.975. The number of aromatic nitrogens is 5. The van der Waals surface area contributed by atoms with Crippen molar-refractivity contribution >= 4 is 34.9 Å². The molecule has 3 aromatic heterocycles. The third-order valence-corrected chi connectivity index (χ3v) is 14.1. The van der Waals surface area contributed by atoms with E-state index in [0.717, 1.165) is 40.6 Å². The van der Waals surface area contributed by atoms with E-state index in [1.54, 1.807) is 33.2 Å². The number of hydrogen-bond donors (Lipinski definition) is 4. The largest absolute Gasteiger partial charge is 0.497 e. The van der Waals surface area contributed by atoms with Gasteiger partial charge in [0.2, 0.25) is 18.0 Å². The zero-order chi connectivity index (χ0) is 49.3. The van der Waals surface area contributed by atoms with Crippen molar-refractivity contribution in [2.45, 2.75) is 89.6 Å². The number of likely N-dealkylation sites (tertiary alicyclic amines) is 2. The number of piperidine rings is 1. The van der Waals surface area contributed by atoms with Gasteiger partial charge in [-0.2, -0.15) is 0 Å². The molecular weight excluding hydrogens is 905 g/mol. The number of benzene rings is 3. The van der Waals surface area contributed by atoms with Crippen LogP contribution in [0.15, 0.2) is 73.1 Å². The van der Waals surface area contributed by atoms with Crippen molar-refractivity contribution in [3.05, 3.63) is 96.1 Å². The summed E-state index contributed by atoms with van der Waals surface area (Å²) in [6.45, 7) is 7.15. The van der Waals surface area contributed by atoms with Crippen molar-refractivity contribution < 1.29 is 46.9 Å². The van der Waals surface area contributed by atoms with E-state index < -0.39 is 54.4 Å². The second-order valence-corrected chi connectivity index (χ2v) is 19.2. The van der Waals surface area contributed by atoms with Crippen LogP contribution in [-0.2, 0) is 19.1 Å². The van der Waals surface area contributed by atoms with Crippen molar-refractivity contribution in [1.82, 2.24) is 44.9 Å². The lowest BCUT2D eigenvalue weighted by molar-refractivity contribution is -0.137. The second kappa shape index (κ2) is 18.1. The number of nitrogens with one attached hydrogen (secondary N) is 4. The summed E-state index contributed by atoms with van der Waals surface area (Å²) in [6, 6.07) is 15.8. The van der Waals surface area contributed by atoms with Crippen molar-refractivity contribution in [2.75, 3.05) is 27.9 Å². The fraction of sp³-hybridized carbons (Fsp3) is 0.412. The van der Waals surface area contributed by atoms with Crippen LogP contribution in [-0.4, -0.2) is 110 Å². The van der Waals surface area contributed by atoms with Crippen molar-refractivity contribution in [3.8, 4) is 45.3 Å². The van der Waals surface area contributed by atoms with Gasteiger partial charge in [-0.15, -0.1) is 0 Å². The van der Waals surface area contributed by atoms with Gasteiger partial charge in [0, 0.05) is 34.5 Å². The summed E-state index contributed by atoms with van der Waals surface area (Å²) in [5.74, 6) is 0.557. The predicted octanol–water partition coefficient (Wildman–Crippen LogP) is 8.21. The van der Waals surface area contributed by atoms with Crippen LogP contribution in [0, 0.1) is 23.6 Å². The number of carbonyl (C=O) groups excluding carboxylic acids is 4. The highest BCUT2D eigenvalue weighted by Gasteiger charge is 2.56. The Bertz CT molecular complexity index is 3020. The van der Waals surface area contributed by atoms with Crippen LogP contribution >= 0.6 is 0 Å². The predicted molar refractivity (Wildman–Crippen MR) is 253 cm³/mol. The van der Waals surface area contributed by atoms with E-state index in [9.17, 15) is 19.2 Å². The molecular formula is C51H55F2N9O8. The molecule has 1 aliphatic carbocycles. The molecule has 4 aliphatic rings. The van der Waals surface area contributed by atoms with E-state index in [-0.39, 0.29) is 54.1 Å². The number of halogens is 2. The minimum absolute atomic E-state index is 0.0170. The number of hydrogen-bond acceptors (Lipinski definition) is 10. The lowest BCUT2D eigenvalue weighted by Gasteiger charge is -2.31. The highest BCUT2D eigenvalue weighted by Crippen LogP contribution is 2.54. The maximum absolute atomic E-state index is 16.9. The first-order valence-electron chi connectivity index (χ1n) is 23.5. The van der Waals surface area contributed by atoms with Crippen molar-refractivity contribution in [2.24, 2.45) is 17.8 Å². The minimum atomic E-state index is -1.33. The third-order valence-electron chi connectivity index (χ3n) is 14.1. The Morgan fingerprint density at radius 3 is 2.13 bits per heavy atom. The van der Waals surface area contributed by atoms with Gasteiger partial charge < -0.3 is 53.9 Å². The summed E-state index contributed by atoms with van der Waals surface area (Å²) >= 11 is 0. The first kappa shape index (κ1) is 46.3. The third kappa shape index (κ3) is 8.23. The summed E-state index contributed by atoms with van der Waals surface area (Å²) in [4.78, 5) is 71.5. The minimum Gasteiger partial charge on any atom is -0.497 e. The van der Waals surface area contributed by atoms with Crippen LogP contribution in [0.1, 0.15) is 82.5 Å². The average Bonchev–Trinajstić information content (AvgIpc) is 3.97. The van der Waals surface area contributed by atoms with Gasteiger partial charge in [-0.3, -0.25) is 9.59 Å². The van der Waals surface area contributed by atoms with Crippen LogP contribution in [0.4, 0.5) is 18.4 Å². The van der Waals surface area contributed by atoms with Gasteiger partial charge >= 0.3 is 12.2 Å². The van der Waals surface area contributed by atoms with Gasteiger partial charge in [0.1, 0.15) is 47.2 Å². The smallest absolute Gasteiger partial charge is 0.407 e. The number of methoxy groups -OCH3 is 3. The molecule has 8 atom stereocenters. The number of fused-ring (bicyclic) bond motifs is 6. The maximum atomic E-state index is 16.9. The van der Waals surface area contributed by atoms with Crippen molar-refractivity contribution in [1.29, 1.82) is 0 Å². The molecule has 19 heteroatoms. The molecule has 4 amide bonds. The summed E-state index contributed by atoms with van der Waals surface area (Å²) in [6.07, 6.45) is 1.42. The number of aromatic amines is 2. The topological polar surface area (TPSA) is 198 Å². The fourth-order valence-electron chi connectivity index (χ4n) is 10.5. The number of alkyl carbamates (subject to hydrolysis) is 2. The molecule has 17 nitrogen and oxygen atoms in total. The number of H-pyrrole nitrogens is 2. The van der Waals surface area contributed by atoms with Crippen LogP contribution in [0.2, 0.25) is 0 Å². The highest BCUT2D eigenvalue weighted by atomic mass is 19.1. The van der Waals surface area contributed by atoms with Crippen LogP contribution < -0.4 is 20.1 Å². The number of rotatable bonds is 12. The van der Waals surface area contributed by atoms with Gasteiger partial charge in [0.25, 0.3) is 0 Å². The molecule has 3 aromatic carbocycles. The van der Waals surface area contributed by atoms with Gasteiger partial charge in [-0.05, 0) is 73.1 Å². The van der Waals surface area contributed by atoms with E-state index in [1.165, 1.54) is 31.4 Å². The average molecular weight is 960 g/mol. The number of amides is 4. The van der Waals surface area contributed by atoms with Crippen LogP contribution in [0.3, 0.4) is 0 Å². The van der Waals surface area contributed by atoms with Crippen molar-refractivity contribution in [3.63, 3.8) is 0 Å². The van der Waals surface area contributed by atoms with Gasteiger partial charge in [-0.1, -0.05) is 45.9 Å². The lowest BCUT2D eigenvalue weighted by Crippen LogP contribution is -2.52. The highest BCUT2D eigenvalue weighted by molar-refractivity contribution is 5.93. The Hall–Kier alpha value is -7.44. The van der Waals surface area contributed by atoms with E-state index in [1.807, 2.05) is 71.8 Å². The SMILES string of the molecule is COC(=O)N[C@H](C(=O)N1C[C@H](F)C[C@H]1c1ncc(-c2cc(F)c3c(c2)OC(c2cccc(OC)c2)n2c-3cc3cc(-c4cnc([C@@H]5C[C@H]6C[C@H]6N5C(=O)[C@@H](NC(=O)OC)C(C)C)[nH]4)ccc32)[nH]1)C(C)C. The first-order chi connectivity index (χ1) is 33.6. The summed E-state index contributed by atoms with van der Waals surface area (Å²) in [7, 11) is 4.07. The molecule has 3 aliphatic heterocycles. The number of ether oxygens (including phenoxy) is 4. The zero-order valence-corrected chi connectivity index (χ0v) is 39.8. The molecule has 3 fully saturated rings. The van der Waals surface area contributed by atoms with Gasteiger partial charge in [-0.25, -0.2) is 28.3 Å². The molecule has 1 saturated carbocycles. The molecule has 4 N–H and O–H groups in total. The molecule has 1 unspecified atom stereocenters. The molecule has 0 spiro atoms. The molecule has 10 rings (SSSR count). The number of imidazole rings is 2. The zero-order valence-electron chi connectivity index (χ0n) is 39.8. The van der Waals surface area contributed by atoms with Crippen LogP contribution in [0.25, 0.3) is 44.7 Å². The number of alkyl halides is 1. The van der Waals surface area contributed by atoms with E-state index in [0.29, 0.717) is 40.3 Å². The molecule has 0 bridgehead atoms. The Morgan fingerprint density at radius 1 is 0.786 bits per heavy atom. The Kier molecular flexibility index (Phi) is 12.0. The summed E-state index contributed by atoms with van der Waals surface area (Å²) in [5, 5.41) is 6.11. The molecule has 6 heterocycles. The monoisotopic (exact) mass is 959 g/mol. The molecule has 2 saturated heterocycles. The number of carbonyl (C=O) groups is 4. The second-order valence-electron chi connectivity index (χ2n) is 19.2. The number of nitrogens with zero attached hydrogens (tertiary/aromatic N) is 5. The van der Waals surface area contributed by atoms with E-state index >= 15 is 8.78 Å². The fourth-order valence-corrected chi connectivity index (χ4v) is 10.5. The maximum Gasteiger partial charge on any atom is 0.407 e.